The van der Waals surface area contributed by atoms with Crippen LogP contribution in [-0.4, -0.2) is 92.2 Å². The Morgan fingerprint density at radius 3 is 2.40 bits per heavy atom. The summed E-state index contributed by atoms with van der Waals surface area (Å²) in [6.07, 6.45) is 8.02. The molecule has 1 aromatic carbocycles. The van der Waals surface area contributed by atoms with E-state index >= 15 is 0 Å². The van der Waals surface area contributed by atoms with E-state index in [2.05, 4.69) is 10.6 Å². The Labute approximate surface area is 311 Å². The number of nitrogens with zero attached hydrogens (tertiary/aromatic N) is 1. The number of carbonyl (C=O) groups is 4. The minimum Gasteiger partial charge on any atom is -0.457 e. The van der Waals surface area contributed by atoms with E-state index in [-0.39, 0.29) is 60.1 Å². The number of anilines is 1. The number of esters is 1. The van der Waals surface area contributed by atoms with Gasteiger partial charge in [-0.05, 0) is 133 Å². The average molecular weight is 742 g/mol. The Hall–Kier alpha value is -3.71. The highest BCUT2D eigenvalue weighted by molar-refractivity contribution is 6.00. The summed E-state index contributed by atoms with van der Waals surface area (Å²) >= 11 is 0. The highest BCUT2D eigenvalue weighted by atomic mass is 19.1. The van der Waals surface area contributed by atoms with Gasteiger partial charge in [0.15, 0.2) is 0 Å². The van der Waals surface area contributed by atoms with Crippen LogP contribution in [0, 0.1) is 23.7 Å². The SMILES string of the molecule is COC1CCC([C@@H]2CCN(C(=O)C3CCC([C@@H](CF)NC(=O)OC(C)(C)C)CC3)[C@@H]2C(=O)Nc2ccc3oc(C(=O)OCC4CCCO4)cc3c2)CC1. The van der Waals surface area contributed by atoms with Gasteiger partial charge in [0, 0.05) is 37.3 Å². The third kappa shape index (κ3) is 9.70. The van der Waals surface area contributed by atoms with E-state index < -0.39 is 36.4 Å². The summed E-state index contributed by atoms with van der Waals surface area (Å²) in [5.41, 5.74) is 0.341. The first kappa shape index (κ1) is 39.0. The van der Waals surface area contributed by atoms with Crippen molar-refractivity contribution in [2.75, 3.05) is 38.9 Å². The first-order valence-corrected chi connectivity index (χ1v) is 19.4. The van der Waals surface area contributed by atoms with E-state index in [1.54, 1.807) is 57.0 Å². The van der Waals surface area contributed by atoms with Crippen molar-refractivity contribution < 1.29 is 46.9 Å². The quantitative estimate of drug-likeness (QED) is 0.238. The molecule has 1 unspecified atom stereocenters. The molecular weight excluding hydrogens is 685 g/mol. The van der Waals surface area contributed by atoms with Crippen molar-refractivity contribution >= 4 is 40.5 Å². The van der Waals surface area contributed by atoms with Crippen molar-refractivity contribution in [1.29, 1.82) is 0 Å². The predicted molar refractivity (Wildman–Crippen MR) is 195 cm³/mol. The maximum absolute atomic E-state index is 14.3. The molecule has 2 N–H and O–H groups in total. The second kappa shape index (κ2) is 17.2. The van der Waals surface area contributed by atoms with Crippen molar-refractivity contribution in [1.82, 2.24) is 10.2 Å². The minimum absolute atomic E-state index is 0.00455. The lowest BCUT2D eigenvalue weighted by Gasteiger charge is -2.38. The Balaban J connectivity index is 1.12. The van der Waals surface area contributed by atoms with Gasteiger partial charge in [0.25, 0.3) is 0 Å². The van der Waals surface area contributed by atoms with Crippen LogP contribution in [0.5, 0.6) is 0 Å². The summed E-state index contributed by atoms with van der Waals surface area (Å²) in [6.45, 7) is 5.91. The van der Waals surface area contributed by atoms with Gasteiger partial charge in [-0.2, -0.15) is 0 Å². The van der Waals surface area contributed by atoms with Gasteiger partial charge in [-0.25, -0.2) is 14.0 Å². The maximum Gasteiger partial charge on any atom is 0.407 e. The van der Waals surface area contributed by atoms with Crippen molar-refractivity contribution in [2.24, 2.45) is 23.7 Å². The van der Waals surface area contributed by atoms with Crippen LogP contribution in [0.3, 0.4) is 0 Å². The Morgan fingerprint density at radius 1 is 0.981 bits per heavy atom. The zero-order valence-corrected chi connectivity index (χ0v) is 31.5. The summed E-state index contributed by atoms with van der Waals surface area (Å²) in [5, 5.41) is 6.43. The number of alkyl halides is 1. The standard InChI is InChI=1S/C40H56FN3O9/c1-40(2,3)53-39(48)43-32(22-41)25-7-9-26(10-8-25)37(46)44-18-17-31(24-11-14-29(49-4)15-12-24)35(44)36(45)42-28-13-16-33-27(20-28)21-34(52-33)38(47)51-23-30-6-5-19-50-30/h13,16,20-21,24-26,29-32,35H,5-12,14-15,17-19,22-23H2,1-4H3,(H,42,45)(H,43,48)/t24?,25?,26?,29?,30?,31-,32+,35-/m0/s1. The number of fused-ring (bicyclic) bond motifs is 1. The Morgan fingerprint density at radius 2 is 1.74 bits per heavy atom. The number of hydrogen-bond donors (Lipinski definition) is 2. The normalized spacial score (nSPS) is 28.4. The smallest absolute Gasteiger partial charge is 0.407 e. The number of furan rings is 1. The summed E-state index contributed by atoms with van der Waals surface area (Å²) in [4.78, 5) is 55.4. The summed E-state index contributed by atoms with van der Waals surface area (Å²) in [7, 11) is 1.74. The molecule has 0 radical (unpaired) electrons. The topological polar surface area (TPSA) is 146 Å². The zero-order chi connectivity index (χ0) is 37.7. The largest absolute Gasteiger partial charge is 0.457 e. The van der Waals surface area contributed by atoms with E-state index in [1.165, 1.54) is 0 Å². The fourth-order valence-electron chi connectivity index (χ4n) is 8.84. The fourth-order valence-corrected chi connectivity index (χ4v) is 8.84. The number of likely N-dealkylation sites (tertiary alicyclic amines) is 1. The molecule has 0 spiro atoms. The molecule has 4 fully saturated rings. The van der Waals surface area contributed by atoms with Crippen molar-refractivity contribution in [3.05, 3.63) is 30.0 Å². The first-order chi connectivity index (χ1) is 25.4. The summed E-state index contributed by atoms with van der Waals surface area (Å²) in [5.74, 6) is -0.867. The van der Waals surface area contributed by atoms with Gasteiger partial charge in [0.1, 0.15) is 30.5 Å². The molecule has 0 bridgehead atoms. The average Bonchev–Trinajstić information content (AvgIpc) is 3.92. The van der Waals surface area contributed by atoms with Gasteiger partial charge in [-0.3, -0.25) is 9.59 Å². The maximum atomic E-state index is 14.3. The highest BCUT2D eigenvalue weighted by Gasteiger charge is 2.47. The van der Waals surface area contributed by atoms with E-state index in [0.717, 1.165) is 44.9 Å². The molecule has 3 amide bonds. The lowest BCUT2D eigenvalue weighted by molar-refractivity contribution is -0.142. The molecule has 12 nitrogen and oxygen atoms in total. The Kier molecular flexibility index (Phi) is 12.6. The van der Waals surface area contributed by atoms with Crippen molar-refractivity contribution in [3.63, 3.8) is 0 Å². The number of halogens is 1. The molecule has 2 aliphatic heterocycles. The number of rotatable bonds is 11. The van der Waals surface area contributed by atoms with E-state index in [0.29, 0.717) is 55.5 Å². The number of carbonyl (C=O) groups excluding carboxylic acids is 4. The fraction of sp³-hybridized carbons (Fsp3) is 0.700. The van der Waals surface area contributed by atoms with Gasteiger partial charge < -0.3 is 38.9 Å². The van der Waals surface area contributed by atoms with Gasteiger partial charge >= 0.3 is 12.1 Å². The van der Waals surface area contributed by atoms with Crippen LogP contribution >= 0.6 is 0 Å². The lowest BCUT2D eigenvalue weighted by Crippen LogP contribution is -2.50. The third-order valence-electron chi connectivity index (χ3n) is 11.6. The second-order valence-corrected chi connectivity index (χ2v) is 16.3. The molecule has 53 heavy (non-hydrogen) atoms. The monoisotopic (exact) mass is 741 g/mol. The molecular formula is C40H56FN3O9. The number of methoxy groups -OCH3 is 1. The van der Waals surface area contributed by atoms with Gasteiger partial charge in [0.2, 0.25) is 17.6 Å². The Bertz CT molecular complexity index is 1590. The number of alkyl carbamates (subject to hydrolysis) is 1. The molecule has 13 heteroatoms. The van der Waals surface area contributed by atoms with Crippen LogP contribution in [0.2, 0.25) is 0 Å². The van der Waals surface area contributed by atoms with E-state index in [1.807, 2.05) is 0 Å². The van der Waals surface area contributed by atoms with Crippen LogP contribution in [-0.2, 0) is 28.5 Å². The molecule has 2 saturated carbocycles. The van der Waals surface area contributed by atoms with Gasteiger partial charge in [-0.1, -0.05) is 0 Å². The molecule has 2 aromatic rings. The predicted octanol–water partition coefficient (Wildman–Crippen LogP) is 6.80. The molecule has 292 valence electrons. The third-order valence-corrected chi connectivity index (χ3v) is 11.6. The summed E-state index contributed by atoms with van der Waals surface area (Å²) in [6, 6.07) is 5.50. The number of hydrogen-bond acceptors (Lipinski definition) is 9. The van der Waals surface area contributed by atoms with Crippen LogP contribution < -0.4 is 10.6 Å². The minimum atomic E-state index is -0.713. The molecule has 1 aromatic heterocycles. The van der Waals surface area contributed by atoms with Crippen LogP contribution in [0.15, 0.2) is 28.7 Å². The van der Waals surface area contributed by atoms with E-state index in [9.17, 15) is 23.6 Å². The van der Waals surface area contributed by atoms with E-state index in [4.69, 9.17) is 23.4 Å². The highest BCUT2D eigenvalue weighted by Crippen LogP contribution is 2.42. The van der Waals surface area contributed by atoms with Crippen LogP contribution in [0.25, 0.3) is 11.0 Å². The van der Waals surface area contributed by atoms with Crippen LogP contribution in [0.1, 0.15) is 102 Å². The molecule has 6 rings (SSSR count). The summed E-state index contributed by atoms with van der Waals surface area (Å²) < 4.78 is 41.8. The van der Waals surface area contributed by atoms with Gasteiger partial charge in [0.05, 0.1) is 18.2 Å². The van der Waals surface area contributed by atoms with Gasteiger partial charge in [-0.15, -0.1) is 0 Å². The molecule has 2 saturated heterocycles. The molecule has 4 aliphatic rings. The number of amides is 3. The number of benzene rings is 1. The van der Waals surface area contributed by atoms with Crippen molar-refractivity contribution in [2.45, 2.75) is 121 Å². The lowest BCUT2D eigenvalue weighted by atomic mass is 9.75. The van der Waals surface area contributed by atoms with Crippen molar-refractivity contribution in [3.8, 4) is 0 Å². The van der Waals surface area contributed by atoms with Crippen LogP contribution in [0.4, 0.5) is 14.9 Å². The number of ether oxygens (including phenoxy) is 4. The second-order valence-electron chi connectivity index (χ2n) is 16.3. The molecule has 3 heterocycles. The molecule has 2 aliphatic carbocycles. The first-order valence-electron chi connectivity index (χ1n) is 19.4. The molecule has 4 atom stereocenters. The number of nitrogens with one attached hydrogen (secondary N) is 2. The zero-order valence-electron chi connectivity index (χ0n) is 31.5.